The molecule has 6 nitrogen and oxygen atoms in total. The summed E-state index contributed by atoms with van der Waals surface area (Å²) in [5, 5.41) is 2.29. The normalized spacial score (nSPS) is 11.9. The number of fused-ring (bicyclic) bond motifs is 3. The molecule has 0 bridgehead atoms. The number of nitrogens with two attached hydrogens (primary N) is 2. The Hall–Kier alpha value is -6.79. The molecule has 0 atom stereocenters. The highest BCUT2D eigenvalue weighted by Gasteiger charge is 2.18. The molecule has 0 aliphatic rings. The molecule has 0 aliphatic heterocycles. The fourth-order valence-electron chi connectivity index (χ4n) is 6.38. The molecule has 8 aromatic rings. The van der Waals surface area contributed by atoms with Crippen molar-refractivity contribution >= 4 is 39.1 Å². The smallest absolute Gasteiger partial charge is 0.164 e. The van der Waals surface area contributed by atoms with E-state index in [1.165, 1.54) is 6.20 Å². The van der Waals surface area contributed by atoms with Gasteiger partial charge in [0.15, 0.2) is 17.5 Å². The van der Waals surface area contributed by atoms with Crippen LogP contribution in [0.1, 0.15) is 11.4 Å². The number of para-hydroxylation sites is 3. The summed E-state index contributed by atoms with van der Waals surface area (Å²) >= 11 is 0. The number of nitrogen functional groups attached to an aromatic ring is 1. The predicted molar refractivity (Wildman–Crippen MR) is 203 cm³/mol. The number of rotatable bonds is 7. The second-order valence-corrected chi connectivity index (χ2v) is 11.7. The maximum Gasteiger partial charge on any atom is 0.164 e. The topological polar surface area (TPSA) is 95.6 Å². The number of nitrogens with zero attached hydrogens (tertiary/aromatic N) is 4. The zero-order chi connectivity index (χ0) is 33.2. The third kappa shape index (κ3) is 5.62. The first kappa shape index (κ1) is 29.6. The van der Waals surface area contributed by atoms with Crippen LogP contribution < -0.4 is 11.5 Å². The van der Waals surface area contributed by atoms with E-state index in [2.05, 4.69) is 77.4 Å². The minimum absolute atomic E-state index is 0.505. The summed E-state index contributed by atoms with van der Waals surface area (Å²) in [7, 11) is 0. The molecule has 6 aromatic carbocycles. The Labute approximate surface area is 284 Å². The highest BCUT2D eigenvalue weighted by atomic mass is 15.0. The van der Waals surface area contributed by atoms with Gasteiger partial charge < -0.3 is 16.0 Å². The first-order chi connectivity index (χ1) is 24.2. The van der Waals surface area contributed by atoms with Crippen LogP contribution in [0.25, 0.3) is 73.0 Å². The van der Waals surface area contributed by atoms with E-state index in [0.717, 1.165) is 60.9 Å². The lowest BCUT2D eigenvalue weighted by molar-refractivity contribution is 1.04. The van der Waals surface area contributed by atoms with Crippen LogP contribution in [-0.4, -0.2) is 19.5 Å². The zero-order valence-corrected chi connectivity index (χ0v) is 26.6. The van der Waals surface area contributed by atoms with E-state index < -0.39 is 0 Å². The Bertz CT molecular complexity index is 2440. The quantitative estimate of drug-likeness (QED) is 0.135. The standard InChI is InChI=1S/C43H32N6/c44-25-24-31(43-47-41(29-14-4-1-5-15-29)46-42(48-43)30-16-6-2-7-17-30)26-32-27-40-37(28-36(32)34-20-10-12-22-38(34)45)35-21-11-13-23-39(35)49(40)33-18-8-3-9-19-33/h1-28H,44-45H2/b25-24-,31-26?. The number of allylic oxidation sites excluding steroid dienone is 2. The van der Waals surface area contributed by atoms with Crippen LogP contribution in [0.3, 0.4) is 0 Å². The van der Waals surface area contributed by atoms with Crippen molar-refractivity contribution < 1.29 is 0 Å². The molecule has 0 amide bonds. The highest BCUT2D eigenvalue weighted by molar-refractivity contribution is 6.12. The first-order valence-electron chi connectivity index (χ1n) is 16.1. The molecule has 49 heavy (non-hydrogen) atoms. The van der Waals surface area contributed by atoms with Crippen molar-refractivity contribution in [2.45, 2.75) is 0 Å². The van der Waals surface area contributed by atoms with Crippen LogP contribution in [-0.2, 0) is 0 Å². The number of hydrogen-bond acceptors (Lipinski definition) is 5. The number of hydrogen-bond donors (Lipinski definition) is 2. The second kappa shape index (κ2) is 12.8. The molecule has 2 aromatic heterocycles. The van der Waals surface area contributed by atoms with Gasteiger partial charge >= 0.3 is 0 Å². The number of benzene rings is 6. The van der Waals surface area contributed by atoms with Crippen LogP contribution in [0.2, 0.25) is 0 Å². The van der Waals surface area contributed by atoms with Crippen molar-refractivity contribution in [2.75, 3.05) is 5.73 Å². The summed E-state index contributed by atoms with van der Waals surface area (Å²) in [5.74, 6) is 1.66. The van der Waals surface area contributed by atoms with Gasteiger partial charge in [-0.05, 0) is 65.9 Å². The maximum absolute atomic E-state index is 6.65. The molecular weight excluding hydrogens is 601 g/mol. The maximum atomic E-state index is 6.65. The van der Waals surface area contributed by atoms with Gasteiger partial charge in [-0.1, -0.05) is 115 Å². The summed E-state index contributed by atoms with van der Waals surface area (Å²) < 4.78 is 2.31. The van der Waals surface area contributed by atoms with Gasteiger partial charge in [0.2, 0.25) is 0 Å². The van der Waals surface area contributed by atoms with E-state index in [1.807, 2.05) is 91.0 Å². The van der Waals surface area contributed by atoms with Gasteiger partial charge in [0.05, 0.1) is 11.0 Å². The molecule has 0 fully saturated rings. The lowest BCUT2D eigenvalue weighted by Crippen LogP contribution is -2.03. The van der Waals surface area contributed by atoms with Crippen molar-refractivity contribution in [3.63, 3.8) is 0 Å². The Kier molecular flexibility index (Phi) is 7.72. The molecule has 0 spiro atoms. The molecule has 4 N–H and O–H groups in total. The van der Waals surface area contributed by atoms with E-state index in [9.17, 15) is 0 Å². The second-order valence-electron chi connectivity index (χ2n) is 11.7. The number of anilines is 1. The Balaban J connectivity index is 1.43. The molecular formula is C43H32N6. The van der Waals surface area contributed by atoms with Crippen molar-refractivity contribution in [3.8, 4) is 39.6 Å². The summed E-state index contributed by atoms with van der Waals surface area (Å²) in [4.78, 5) is 14.9. The largest absolute Gasteiger partial charge is 0.405 e. The average molecular weight is 633 g/mol. The third-order valence-electron chi connectivity index (χ3n) is 8.65. The molecule has 0 unspecified atom stereocenters. The molecule has 0 aliphatic carbocycles. The van der Waals surface area contributed by atoms with Gasteiger partial charge in [0.1, 0.15) is 0 Å². The van der Waals surface area contributed by atoms with Gasteiger partial charge in [-0.15, -0.1) is 0 Å². The van der Waals surface area contributed by atoms with Gasteiger partial charge in [-0.25, -0.2) is 15.0 Å². The average Bonchev–Trinajstić information content (AvgIpc) is 3.48. The molecule has 2 heterocycles. The molecule has 234 valence electrons. The lowest BCUT2D eigenvalue weighted by atomic mass is 9.94. The SMILES string of the molecule is N/C=C\C(=Cc1cc2c(cc1-c1ccccc1N)c1ccccc1n2-c1ccccc1)c1nc(-c2ccccc2)nc(-c2ccccc2)n1. The Morgan fingerprint density at radius 1 is 0.551 bits per heavy atom. The minimum atomic E-state index is 0.505. The van der Waals surface area contributed by atoms with E-state index in [-0.39, 0.29) is 0 Å². The van der Waals surface area contributed by atoms with Crippen LogP contribution in [0, 0.1) is 0 Å². The lowest BCUT2D eigenvalue weighted by Gasteiger charge is -2.14. The monoisotopic (exact) mass is 632 g/mol. The summed E-state index contributed by atoms with van der Waals surface area (Å²) in [6, 6.07) is 51.3. The van der Waals surface area contributed by atoms with Crippen molar-refractivity contribution in [2.24, 2.45) is 5.73 Å². The summed E-state index contributed by atoms with van der Waals surface area (Å²) in [6.07, 6.45) is 5.46. The van der Waals surface area contributed by atoms with E-state index in [0.29, 0.717) is 23.2 Å². The van der Waals surface area contributed by atoms with E-state index in [4.69, 9.17) is 26.4 Å². The highest BCUT2D eigenvalue weighted by Crippen LogP contribution is 2.39. The van der Waals surface area contributed by atoms with Crippen molar-refractivity contribution in [3.05, 3.63) is 175 Å². The Morgan fingerprint density at radius 2 is 1.14 bits per heavy atom. The summed E-state index contributed by atoms with van der Waals surface area (Å²) in [6.45, 7) is 0. The van der Waals surface area contributed by atoms with Crippen molar-refractivity contribution in [1.29, 1.82) is 0 Å². The fraction of sp³-hybridized carbons (Fsp3) is 0. The Morgan fingerprint density at radius 3 is 1.80 bits per heavy atom. The predicted octanol–water partition coefficient (Wildman–Crippen LogP) is 9.56. The molecule has 0 saturated heterocycles. The minimum Gasteiger partial charge on any atom is -0.405 e. The van der Waals surface area contributed by atoms with Crippen LogP contribution in [0.15, 0.2) is 164 Å². The van der Waals surface area contributed by atoms with Crippen LogP contribution >= 0.6 is 0 Å². The van der Waals surface area contributed by atoms with Crippen LogP contribution in [0.4, 0.5) is 5.69 Å². The molecule has 8 rings (SSSR count). The number of aromatic nitrogens is 4. The third-order valence-corrected chi connectivity index (χ3v) is 8.65. The first-order valence-corrected chi connectivity index (χ1v) is 16.1. The van der Waals surface area contributed by atoms with Gasteiger partial charge in [-0.3, -0.25) is 0 Å². The zero-order valence-electron chi connectivity index (χ0n) is 26.6. The van der Waals surface area contributed by atoms with Gasteiger partial charge in [-0.2, -0.15) is 0 Å². The fourth-order valence-corrected chi connectivity index (χ4v) is 6.38. The van der Waals surface area contributed by atoms with Gasteiger partial charge in [0, 0.05) is 44.4 Å². The summed E-state index contributed by atoms with van der Waals surface area (Å²) in [5.41, 5.74) is 22.1. The molecule has 0 radical (unpaired) electrons. The molecule has 6 heteroatoms. The van der Waals surface area contributed by atoms with Crippen LogP contribution in [0.5, 0.6) is 0 Å². The molecule has 0 saturated carbocycles. The van der Waals surface area contributed by atoms with E-state index in [1.54, 1.807) is 0 Å². The van der Waals surface area contributed by atoms with Gasteiger partial charge in [0.25, 0.3) is 0 Å². The van der Waals surface area contributed by atoms with Crippen molar-refractivity contribution in [1.82, 2.24) is 19.5 Å². The van der Waals surface area contributed by atoms with E-state index >= 15 is 0 Å².